The SMILES string of the molecule is C=C(C)C(=O)O.C=C(C)C(=O)O.C=CC(=O)OCC(COC(=O)C=C)OC(=O)C=C.OCC(O)CO.OCC(O)CO. The number of esters is 3. The van der Waals surface area contributed by atoms with Crippen LogP contribution in [0.1, 0.15) is 13.8 Å². The van der Waals surface area contributed by atoms with Crippen molar-refractivity contribution in [1.82, 2.24) is 0 Å². The summed E-state index contributed by atoms with van der Waals surface area (Å²) in [7, 11) is 0. The second-order valence-electron chi connectivity index (χ2n) is 7.14. The summed E-state index contributed by atoms with van der Waals surface area (Å²) in [6, 6.07) is 0. The van der Waals surface area contributed by atoms with E-state index in [9.17, 15) is 24.0 Å². The topological polar surface area (TPSA) is 275 Å². The van der Waals surface area contributed by atoms with E-state index in [0.29, 0.717) is 0 Å². The van der Waals surface area contributed by atoms with Crippen LogP contribution < -0.4 is 0 Å². The Bertz CT molecular complexity index is 759. The molecule has 0 unspecified atom stereocenters. The molecule has 16 heteroatoms. The Morgan fingerprint density at radius 3 is 1.00 bits per heavy atom. The van der Waals surface area contributed by atoms with Crippen LogP contribution >= 0.6 is 0 Å². The largest absolute Gasteiger partial charge is 0.478 e. The summed E-state index contributed by atoms with van der Waals surface area (Å²) in [5.74, 6) is -3.94. The molecular formula is C26H42O16. The molecule has 16 nitrogen and oxygen atoms in total. The molecule has 0 spiro atoms. The zero-order chi connectivity index (χ0) is 34.3. The van der Waals surface area contributed by atoms with Gasteiger partial charge in [0.2, 0.25) is 0 Å². The normalized spacial score (nSPS) is 8.93. The van der Waals surface area contributed by atoms with Gasteiger partial charge in [0.15, 0.2) is 6.10 Å². The van der Waals surface area contributed by atoms with Crippen molar-refractivity contribution >= 4 is 29.8 Å². The molecule has 0 heterocycles. The number of aliphatic carboxylic acids is 2. The molecule has 0 aromatic carbocycles. The minimum Gasteiger partial charge on any atom is -0.478 e. The first-order valence-electron chi connectivity index (χ1n) is 11.4. The fourth-order valence-corrected chi connectivity index (χ4v) is 0.912. The summed E-state index contributed by atoms with van der Waals surface area (Å²) in [4.78, 5) is 51.9. The van der Waals surface area contributed by atoms with Crippen LogP contribution in [0.3, 0.4) is 0 Å². The molecule has 0 amide bonds. The maximum absolute atomic E-state index is 11.0. The smallest absolute Gasteiger partial charge is 0.330 e. The van der Waals surface area contributed by atoms with Crippen LogP contribution in [0, 0.1) is 0 Å². The maximum Gasteiger partial charge on any atom is 0.330 e. The molecule has 0 aliphatic rings. The summed E-state index contributed by atoms with van der Waals surface area (Å²) >= 11 is 0. The average Bonchev–Trinajstić information content (AvgIpc) is 2.97. The third-order valence-corrected chi connectivity index (χ3v) is 3.18. The van der Waals surface area contributed by atoms with Gasteiger partial charge in [-0.2, -0.15) is 0 Å². The van der Waals surface area contributed by atoms with Gasteiger partial charge in [-0.1, -0.05) is 32.9 Å². The molecule has 0 aromatic rings. The molecule has 0 rings (SSSR count). The predicted molar refractivity (Wildman–Crippen MR) is 148 cm³/mol. The number of hydrogen-bond acceptors (Lipinski definition) is 14. The molecule has 0 saturated heterocycles. The number of hydrogen-bond donors (Lipinski definition) is 8. The Morgan fingerprint density at radius 1 is 0.619 bits per heavy atom. The molecule has 0 aliphatic carbocycles. The lowest BCUT2D eigenvalue weighted by Crippen LogP contribution is -2.29. The van der Waals surface area contributed by atoms with Gasteiger partial charge in [-0.15, -0.1) is 0 Å². The van der Waals surface area contributed by atoms with Crippen LogP contribution in [0.15, 0.2) is 62.3 Å². The molecule has 0 atom stereocenters. The van der Waals surface area contributed by atoms with Crippen molar-refractivity contribution in [1.29, 1.82) is 0 Å². The van der Waals surface area contributed by atoms with E-state index in [4.69, 9.17) is 45.6 Å². The minimum atomic E-state index is -0.954. The Hall–Kier alpha value is -4.19. The van der Waals surface area contributed by atoms with Crippen LogP contribution in [0.5, 0.6) is 0 Å². The molecule has 42 heavy (non-hydrogen) atoms. The van der Waals surface area contributed by atoms with Crippen LogP contribution in [0.2, 0.25) is 0 Å². The van der Waals surface area contributed by atoms with E-state index in [1.165, 1.54) is 13.8 Å². The molecular weight excluding hydrogens is 568 g/mol. The molecule has 8 N–H and O–H groups in total. The van der Waals surface area contributed by atoms with Crippen molar-refractivity contribution in [3.63, 3.8) is 0 Å². The van der Waals surface area contributed by atoms with E-state index in [0.717, 1.165) is 18.2 Å². The Balaban J connectivity index is -0.000000156. The second kappa shape index (κ2) is 33.0. The molecule has 242 valence electrons. The lowest BCUT2D eigenvalue weighted by atomic mass is 10.4. The first kappa shape index (κ1) is 47.6. The highest BCUT2D eigenvalue weighted by Gasteiger charge is 2.16. The number of carbonyl (C=O) groups is 5. The van der Waals surface area contributed by atoms with Crippen LogP contribution in [-0.4, -0.2) is 129 Å². The van der Waals surface area contributed by atoms with Gasteiger partial charge in [0.25, 0.3) is 0 Å². The molecule has 0 aromatic heterocycles. The van der Waals surface area contributed by atoms with E-state index in [-0.39, 0.29) is 50.8 Å². The third kappa shape index (κ3) is 42.9. The van der Waals surface area contributed by atoms with Crippen molar-refractivity contribution in [3.8, 4) is 0 Å². The highest BCUT2D eigenvalue weighted by atomic mass is 16.6. The summed E-state index contributed by atoms with van der Waals surface area (Å²) in [6.07, 6.45) is 0.0420. The van der Waals surface area contributed by atoms with Gasteiger partial charge in [-0.05, 0) is 13.8 Å². The van der Waals surface area contributed by atoms with Gasteiger partial charge in [-0.25, -0.2) is 24.0 Å². The Labute approximate surface area is 243 Å². The number of aliphatic hydroxyl groups is 6. The quantitative estimate of drug-likeness (QED) is 0.0631. The lowest BCUT2D eigenvalue weighted by molar-refractivity contribution is -0.160. The number of aliphatic hydroxyl groups excluding tert-OH is 6. The Kier molecular flexibility index (Phi) is 37.4. The zero-order valence-corrected chi connectivity index (χ0v) is 23.6. The van der Waals surface area contributed by atoms with Gasteiger partial charge < -0.3 is 55.1 Å². The van der Waals surface area contributed by atoms with Gasteiger partial charge in [0, 0.05) is 29.4 Å². The standard InChI is InChI=1S/C12H14O6.2C4H6O2.2C3H8O3/c1-4-10(13)16-7-9(18-12(15)6-3)8-17-11(14)5-2;2*1-3(2)4(5)6;2*4-1-3(6)2-5/h4-6,9H,1-3,7-8H2;2*1H2,2H3,(H,5,6);2*3-6H,1-2H2. The number of carbonyl (C=O) groups excluding carboxylic acids is 3. The predicted octanol–water partition coefficient (Wildman–Crippen LogP) is -1.50. The summed E-state index contributed by atoms with van der Waals surface area (Å²) < 4.78 is 14.2. The fraction of sp³-hybridized carbons (Fsp3) is 0.423. The van der Waals surface area contributed by atoms with E-state index in [2.05, 4.69) is 42.4 Å². The van der Waals surface area contributed by atoms with Gasteiger partial charge in [-0.3, -0.25) is 0 Å². The Morgan fingerprint density at radius 2 is 0.857 bits per heavy atom. The molecule has 0 bridgehead atoms. The number of rotatable bonds is 14. The van der Waals surface area contributed by atoms with Crippen molar-refractivity contribution in [3.05, 3.63) is 62.3 Å². The average molecular weight is 611 g/mol. The monoisotopic (exact) mass is 610 g/mol. The van der Waals surface area contributed by atoms with Crippen molar-refractivity contribution in [2.24, 2.45) is 0 Å². The van der Waals surface area contributed by atoms with E-state index in [1.54, 1.807) is 0 Å². The van der Waals surface area contributed by atoms with E-state index < -0.39 is 48.2 Å². The number of carboxylic acids is 2. The molecule has 0 aliphatic heterocycles. The maximum atomic E-state index is 11.0. The summed E-state index contributed by atoms with van der Waals surface area (Å²) in [5, 5.41) is 63.8. The van der Waals surface area contributed by atoms with Crippen LogP contribution in [-0.2, 0) is 38.2 Å². The first-order valence-corrected chi connectivity index (χ1v) is 11.4. The van der Waals surface area contributed by atoms with Gasteiger partial charge in [0.1, 0.15) is 25.4 Å². The number of carboxylic acid groups (broad SMARTS) is 2. The third-order valence-electron chi connectivity index (χ3n) is 3.18. The summed E-state index contributed by atoms with van der Waals surface area (Å²) in [5.41, 5.74) is 0.352. The molecule has 0 radical (unpaired) electrons. The highest BCUT2D eigenvalue weighted by molar-refractivity contribution is 5.85. The van der Waals surface area contributed by atoms with Gasteiger partial charge in [0.05, 0.1) is 26.4 Å². The highest BCUT2D eigenvalue weighted by Crippen LogP contribution is 1.98. The first-order chi connectivity index (χ1) is 19.4. The van der Waals surface area contributed by atoms with Crippen LogP contribution in [0.4, 0.5) is 0 Å². The zero-order valence-electron chi connectivity index (χ0n) is 23.6. The van der Waals surface area contributed by atoms with Gasteiger partial charge >= 0.3 is 29.8 Å². The fourth-order valence-electron chi connectivity index (χ4n) is 0.912. The van der Waals surface area contributed by atoms with E-state index in [1.807, 2.05) is 0 Å². The van der Waals surface area contributed by atoms with E-state index >= 15 is 0 Å². The van der Waals surface area contributed by atoms with Crippen molar-refractivity contribution < 1.29 is 79.0 Å². The summed E-state index contributed by atoms with van der Waals surface area (Å²) in [6.45, 7) is 16.9. The van der Waals surface area contributed by atoms with Crippen molar-refractivity contribution in [2.75, 3.05) is 39.6 Å². The second-order valence-corrected chi connectivity index (χ2v) is 7.14. The molecule has 0 fully saturated rings. The molecule has 0 saturated carbocycles. The minimum absolute atomic E-state index is 0.176. The van der Waals surface area contributed by atoms with Crippen LogP contribution in [0.25, 0.3) is 0 Å². The van der Waals surface area contributed by atoms with Crippen molar-refractivity contribution in [2.45, 2.75) is 32.2 Å². The lowest BCUT2D eigenvalue weighted by Gasteiger charge is -2.16. The number of ether oxygens (including phenoxy) is 3.